The van der Waals surface area contributed by atoms with Crippen molar-refractivity contribution in [1.82, 2.24) is 14.4 Å². The van der Waals surface area contributed by atoms with Gasteiger partial charge in [0.05, 0.1) is 18.4 Å². The third-order valence-electron chi connectivity index (χ3n) is 6.80. The van der Waals surface area contributed by atoms with Crippen LogP contribution in [0.4, 0.5) is 0 Å². The average molecular weight is 514 g/mol. The van der Waals surface area contributed by atoms with Gasteiger partial charge in [0, 0.05) is 53.7 Å². The lowest BCUT2D eigenvalue weighted by Gasteiger charge is -2.35. The number of nitrogens with zero attached hydrogens (tertiary/aromatic N) is 3. The molecule has 6 nitrogen and oxygen atoms in total. The van der Waals surface area contributed by atoms with E-state index in [2.05, 4.69) is 4.57 Å². The molecule has 1 aliphatic rings. The smallest absolute Gasteiger partial charge is 0.255 e. The first-order valence-electron chi connectivity index (χ1n) is 12.2. The Kier molecular flexibility index (Phi) is 7.01. The normalized spacial score (nSPS) is 13.5. The molecule has 3 aromatic carbocycles. The van der Waals surface area contributed by atoms with Gasteiger partial charge in [-0.05, 0) is 61.5 Å². The standard InChI is InChI=1S/C30H28ClN3O3/c1-21-27(30(36)33-17-15-32(16-18-33)29(35)22-11-13-24(31)14-12-22)20-28(23-7-6-10-26(19-23)37-2)34(21)25-8-4-3-5-9-25/h3-14,19-20H,15-18H2,1-2H3. The van der Waals surface area contributed by atoms with Gasteiger partial charge in [-0.3, -0.25) is 9.59 Å². The maximum Gasteiger partial charge on any atom is 0.255 e. The van der Waals surface area contributed by atoms with Crippen molar-refractivity contribution in [2.75, 3.05) is 33.3 Å². The summed E-state index contributed by atoms with van der Waals surface area (Å²) >= 11 is 5.96. The summed E-state index contributed by atoms with van der Waals surface area (Å²) in [6.45, 7) is 3.89. The number of rotatable bonds is 5. The van der Waals surface area contributed by atoms with E-state index in [0.717, 1.165) is 28.4 Å². The van der Waals surface area contributed by atoms with E-state index in [4.69, 9.17) is 16.3 Å². The second-order valence-electron chi connectivity index (χ2n) is 9.02. The average Bonchev–Trinajstić information content (AvgIpc) is 3.30. The number of carbonyl (C=O) groups is 2. The van der Waals surface area contributed by atoms with Crippen LogP contribution in [0.25, 0.3) is 16.9 Å². The molecule has 1 fully saturated rings. The zero-order valence-corrected chi connectivity index (χ0v) is 21.6. The SMILES string of the molecule is COc1cccc(-c2cc(C(=O)N3CCN(C(=O)c4ccc(Cl)cc4)CC3)c(C)n2-c2ccccc2)c1. The summed E-state index contributed by atoms with van der Waals surface area (Å²) in [4.78, 5) is 30.2. The first kappa shape index (κ1) is 24.7. The highest BCUT2D eigenvalue weighted by Gasteiger charge is 2.28. The van der Waals surface area contributed by atoms with Gasteiger partial charge in [-0.1, -0.05) is 41.9 Å². The lowest BCUT2D eigenvalue weighted by Crippen LogP contribution is -2.50. The number of amides is 2. The van der Waals surface area contributed by atoms with Crippen molar-refractivity contribution in [3.05, 3.63) is 107 Å². The number of methoxy groups -OCH3 is 1. The molecule has 1 aliphatic heterocycles. The Morgan fingerprint density at radius 2 is 1.43 bits per heavy atom. The fraction of sp³-hybridized carbons (Fsp3) is 0.200. The van der Waals surface area contributed by atoms with Gasteiger partial charge in [-0.2, -0.15) is 0 Å². The molecule has 37 heavy (non-hydrogen) atoms. The quantitative estimate of drug-likeness (QED) is 0.343. The molecule has 1 aromatic heterocycles. The van der Waals surface area contributed by atoms with Gasteiger partial charge in [0.25, 0.3) is 11.8 Å². The first-order valence-corrected chi connectivity index (χ1v) is 12.6. The molecule has 2 amide bonds. The summed E-state index contributed by atoms with van der Waals surface area (Å²) in [5.41, 5.74) is 4.98. The number of hydrogen-bond acceptors (Lipinski definition) is 3. The van der Waals surface area contributed by atoms with E-state index in [1.807, 2.05) is 72.5 Å². The highest BCUT2D eigenvalue weighted by Crippen LogP contribution is 2.32. The Hall–Kier alpha value is -4.03. The summed E-state index contributed by atoms with van der Waals surface area (Å²) in [5, 5.41) is 0.595. The largest absolute Gasteiger partial charge is 0.497 e. The molecule has 0 bridgehead atoms. The van der Waals surface area contributed by atoms with Crippen molar-refractivity contribution in [1.29, 1.82) is 0 Å². The minimum absolute atomic E-state index is 0.0325. The summed E-state index contributed by atoms with van der Waals surface area (Å²) in [5.74, 6) is 0.677. The van der Waals surface area contributed by atoms with Crippen LogP contribution in [0, 0.1) is 6.92 Å². The van der Waals surface area contributed by atoms with Crippen molar-refractivity contribution in [2.45, 2.75) is 6.92 Å². The van der Waals surface area contributed by atoms with Gasteiger partial charge in [0.2, 0.25) is 0 Å². The number of para-hydroxylation sites is 1. The second-order valence-corrected chi connectivity index (χ2v) is 9.46. The molecule has 0 spiro atoms. The number of aromatic nitrogens is 1. The summed E-state index contributed by atoms with van der Waals surface area (Å²) in [6.07, 6.45) is 0. The predicted octanol–water partition coefficient (Wildman–Crippen LogP) is 5.71. The van der Waals surface area contributed by atoms with Crippen molar-refractivity contribution < 1.29 is 14.3 Å². The molecule has 4 aromatic rings. The number of piperazine rings is 1. The van der Waals surface area contributed by atoms with E-state index < -0.39 is 0 Å². The van der Waals surface area contributed by atoms with Crippen molar-refractivity contribution in [3.63, 3.8) is 0 Å². The molecule has 0 saturated carbocycles. The maximum atomic E-state index is 13.7. The highest BCUT2D eigenvalue weighted by atomic mass is 35.5. The first-order chi connectivity index (χ1) is 18.0. The Morgan fingerprint density at radius 1 is 0.784 bits per heavy atom. The zero-order valence-electron chi connectivity index (χ0n) is 20.9. The number of benzene rings is 3. The van der Waals surface area contributed by atoms with Crippen LogP contribution in [-0.4, -0.2) is 59.5 Å². The Labute approximate surface area is 221 Å². The molecule has 188 valence electrons. The van der Waals surface area contributed by atoms with Crippen molar-refractivity contribution >= 4 is 23.4 Å². The van der Waals surface area contributed by atoms with Gasteiger partial charge in [-0.25, -0.2) is 0 Å². The Balaban J connectivity index is 1.41. The van der Waals surface area contributed by atoms with Gasteiger partial charge in [0.15, 0.2) is 0 Å². The van der Waals surface area contributed by atoms with Crippen LogP contribution in [0.3, 0.4) is 0 Å². The lowest BCUT2D eigenvalue weighted by molar-refractivity contribution is 0.0535. The second kappa shape index (κ2) is 10.5. The summed E-state index contributed by atoms with van der Waals surface area (Å²) in [6, 6.07) is 26.7. The van der Waals surface area contributed by atoms with Crippen LogP contribution in [-0.2, 0) is 0 Å². The van der Waals surface area contributed by atoms with Crippen LogP contribution >= 0.6 is 11.6 Å². The Morgan fingerprint density at radius 3 is 2.08 bits per heavy atom. The number of halogens is 1. The molecule has 2 heterocycles. The molecule has 0 radical (unpaired) electrons. The van der Waals surface area contributed by atoms with Gasteiger partial charge in [0.1, 0.15) is 5.75 Å². The molecule has 0 aliphatic carbocycles. The molecule has 0 atom stereocenters. The van der Waals surface area contributed by atoms with Gasteiger partial charge >= 0.3 is 0 Å². The molecule has 0 N–H and O–H groups in total. The lowest BCUT2D eigenvalue weighted by atomic mass is 10.1. The molecular weight excluding hydrogens is 486 g/mol. The Bertz CT molecular complexity index is 1420. The van der Waals surface area contributed by atoms with E-state index >= 15 is 0 Å². The predicted molar refractivity (Wildman–Crippen MR) is 146 cm³/mol. The van der Waals surface area contributed by atoms with Crippen LogP contribution in [0.1, 0.15) is 26.4 Å². The van der Waals surface area contributed by atoms with E-state index in [1.54, 1.807) is 36.3 Å². The maximum absolute atomic E-state index is 13.7. The monoisotopic (exact) mass is 513 g/mol. The van der Waals surface area contributed by atoms with Crippen molar-refractivity contribution in [3.8, 4) is 22.7 Å². The minimum atomic E-state index is -0.0458. The zero-order chi connectivity index (χ0) is 25.9. The number of ether oxygens (including phenoxy) is 1. The fourth-order valence-corrected chi connectivity index (χ4v) is 4.91. The number of hydrogen-bond donors (Lipinski definition) is 0. The van der Waals surface area contributed by atoms with E-state index in [9.17, 15) is 9.59 Å². The summed E-state index contributed by atoms with van der Waals surface area (Å²) < 4.78 is 7.56. The third-order valence-corrected chi connectivity index (χ3v) is 7.05. The molecule has 7 heteroatoms. The topological polar surface area (TPSA) is 54.8 Å². The number of carbonyl (C=O) groups excluding carboxylic acids is 2. The van der Waals surface area contributed by atoms with Crippen LogP contribution in [0.5, 0.6) is 5.75 Å². The molecule has 5 rings (SSSR count). The van der Waals surface area contributed by atoms with E-state index in [1.165, 1.54) is 0 Å². The van der Waals surface area contributed by atoms with E-state index in [0.29, 0.717) is 42.3 Å². The minimum Gasteiger partial charge on any atom is -0.497 e. The van der Waals surface area contributed by atoms with Crippen LogP contribution < -0.4 is 4.74 Å². The third kappa shape index (κ3) is 4.98. The molecule has 0 unspecified atom stereocenters. The van der Waals surface area contributed by atoms with Gasteiger partial charge in [-0.15, -0.1) is 0 Å². The molecule has 1 saturated heterocycles. The van der Waals surface area contributed by atoms with Crippen LogP contribution in [0.2, 0.25) is 5.02 Å². The molecular formula is C30H28ClN3O3. The van der Waals surface area contributed by atoms with Crippen molar-refractivity contribution in [2.24, 2.45) is 0 Å². The fourth-order valence-electron chi connectivity index (χ4n) is 4.79. The van der Waals surface area contributed by atoms with Crippen LogP contribution in [0.15, 0.2) is 84.9 Å². The highest BCUT2D eigenvalue weighted by molar-refractivity contribution is 6.30. The van der Waals surface area contributed by atoms with E-state index in [-0.39, 0.29) is 11.8 Å². The van der Waals surface area contributed by atoms with Gasteiger partial charge < -0.3 is 19.1 Å². The summed E-state index contributed by atoms with van der Waals surface area (Å²) in [7, 11) is 1.65.